The lowest BCUT2D eigenvalue weighted by molar-refractivity contribution is -0.129. The molecule has 0 atom stereocenters. The molecule has 0 fully saturated rings. The first kappa shape index (κ1) is 15.2. The molecule has 1 aliphatic rings. The molecular weight excluding hydrogens is 286 g/mol. The lowest BCUT2D eigenvalue weighted by Crippen LogP contribution is -2.05. The fraction of sp³-hybridized carbons (Fsp3) is 0.200. The number of hydrogen-bond donors (Lipinski definition) is 0. The molecule has 116 valence electrons. The fourth-order valence-corrected chi connectivity index (χ4v) is 2.41. The van der Waals surface area contributed by atoms with Gasteiger partial charge in [-0.15, -0.1) is 0 Å². The second kappa shape index (κ2) is 6.21. The van der Waals surface area contributed by atoms with Gasteiger partial charge in [-0.25, -0.2) is 9.79 Å². The van der Waals surface area contributed by atoms with E-state index in [0.717, 1.165) is 23.1 Å². The van der Waals surface area contributed by atoms with Crippen LogP contribution in [0.1, 0.15) is 34.7 Å². The number of benzene rings is 2. The quantitative estimate of drug-likeness (QED) is 0.629. The summed E-state index contributed by atoms with van der Waals surface area (Å²) in [5.41, 5.74) is 5.72. The Morgan fingerprint density at radius 2 is 1.78 bits per heavy atom. The standard InChI is InChI=1S/C20H19NO2/c1-4-15-6-8-16(9-7-15)12-18-20(22)23-19(21-18)17-10-5-13(2)14(3)11-17/h5-12H,4H2,1-3H3/b18-12-. The van der Waals surface area contributed by atoms with Gasteiger partial charge in [0.1, 0.15) is 0 Å². The van der Waals surface area contributed by atoms with Gasteiger partial charge in [0.2, 0.25) is 5.90 Å². The molecule has 3 rings (SSSR count). The molecule has 0 amide bonds. The number of aliphatic imine (C=N–C) groups is 1. The van der Waals surface area contributed by atoms with E-state index in [1.165, 1.54) is 11.1 Å². The zero-order valence-electron chi connectivity index (χ0n) is 13.6. The highest BCUT2D eigenvalue weighted by Crippen LogP contribution is 2.20. The second-order valence-electron chi connectivity index (χ2n) is 5.73. The molecule has 3 nitrogen and oxygen atoms in total. The summed E-state index contributed by atoms with van der Waals surface area (Å²) in [7, 11) is 0. The minimum Gasteiger partial charge on any atom is -0.402 e. The van der Waals surface area contributed by atoms with Gasteiger partial charge in [-0.05, 0) is 60.7 Å². The number of carbonyl (C=O) groups excluding carboxylic acids is 1. The van der Waals surface area contributed by atoms with E-state index < -0.39 is 5.97 Å². The van der Waals surface area contributed by atoms with Gasteiger partial charge in [0.05, 0.1) is 0 Å². The van der Waals surface area contributed by atoms with Crippen LogP contribution in [0.2, 0.25) is 0 Å². The maximum atomic E-state index is 12.0. The molecule has 0 radical (unpaired) electrons. The third kappa shape index (κ3) is 3.24. The highest BCUT2D eigenvalue weighted by Gasteiger charge is 2.24. The number of rotatable bonds is 3. The average Bonchev–Trinajstić information content (AvgIpc) is 2.92. The summed E-state index contributed by atoms with van der Waals surface area (Å²) in [5.74, 6) is -0.0349. The summed E-state index contributed by atoms with van der Waals surface area (Å²) in [6.07, 6.45) is 2.75. The van der Waals surface area contributed by atoms with Crippen molar-refractivity contribution < 1.29 is 9.53 Å². The lowest BCUT2D eigenvalue weighted by atomic mass is 10.1. The zero-order chi connectivity index (χ0) is 16.4. The van der Waals surface area contributed by atoms with Crippen LogP contribution in [0.15, 0.2) is 53.2 Å². The molecule has 2 aromatic rings. The van der Waals surface area contributed by atoms with Crippen LogP contribution in [-0.4, -0.2) is 11.9 Å². The van der Waals surface area contributed by atoms with Gasteiger partial charge in [-0.2, -0.15) is 0 Å². The van der Waals surface area contributed by atoms with Crippen LogP contribution in [-0.2, 0) is 16.0 Å². The molecule has 3 heteroatoms. The lowest BCUT2D eigenvalue weighted by Gasteiger charge is -2.03. The van der Waals surface area contributed by atoms with E-state index in [9.17, 15) is 4.79 Å². The van der Waals surface area contributed by atoms with Crippen molar-refractivity contribution in [1.82, 2.24) is 0 Å². The van der Waals surface area contributed by atoms with Gasteiger partial charge in [0, 0.05) is 5.56 Å². The van der Waals surface area contributed by atoms with E-state index in [2.05, 4.69) is 24.0 Å². The Labute approximate surface area is 136 Å². The average molecular weight is 305 g/mol. The first-order chi connectivity index (χ1) is 11.1. The molecule has 0 saturated heterocycles. The third-order valence-electron chi connectivity index (χ3n) is 4.07. The van der Waals surface area contributed by atoms with Crippen LogP contribution >= 0.6 is 0 Å². The van der Waals surface area contributed by atoms with E-state index >= 15 is 0 Å². The van der Waals surface area contributed by atoms with E-state index in [1.807, 2.05) is 44.2 Å². The minimum atomic E-state index is -0.405. The number of nitrogens with zero attached hydrogens (tertiary/aromatic N) is 1. The predicted octanol–water partition coefficient (Wildman–Crippen LogP) is 4.21. The number of hydrogen-bond acceptors (Lipinski definition) is 3. The van der Waals surface area contributed by atoms with Crippen molar-refractivity contribution in [2.45, 2.75) is 27.2 Å². The molecule has 0 saturated carbocycles. The van der Waals surface area contributed by atoms with Crippen molar-refractivity contribution >= 4 is 17.9 Å². The Kier molecular flexibility index (Phi) is 4.11. The van der Waals surface area contributed by atoms with Gasteiger partial charge < -0.3 is 4.74 Å². The minimum absolute atomic E-state index is 0.336. The molecular formula is C20H19NO2. The van der Waals surface area contributed by atoms with E-state index in [4.69, 9.17) is 4.74 Å². The summed E-state index contributed by atoms with van der Waals surface area (Å²) in [4.78, 5) is 16.4. The smallest absolute Gasteiger partial charge is 0.363 e. The Bertz CT molecular complexity index is 814. The van der Waals surface area contributed by atoms with Crippen molar-refractivity contribution in [3.63, 3.8) is 0 Å². The van der Waals surface area contributed by atoms with Gasteiger partial charge in [0.25, 0.3) is 0 Å². The van der Waals surface area contributed by atoms with Crippen molar-refractivity contribution in [2.75, 3.05) is 0 Å². The molecule has 1 heterocycles. The summed E-state index contributed by atoms with van der Waals surface area (Å²) in [5, 5.41) is 0. The molecule has 1 aliphatic heterocycles. The summed E-state index contributed by atoms with van der Waals surface area (Å²) >= 11 is 0. The van der Waals surface area contributed by atoms with Crippen molar-refractivity contribution in [3.8, 4) is 0 Å². The van der Waals surface area contributed by atoms with Crippen LogP contribution in [0, 0.1) is 13.8 Å². The molecule has 0 aromatic heterocycles. The highest BCUT2D eigenvalue weighted by atomic mass is 16.6. The number of aryl methyl sites for hydroxylation is 3. The van der Waals surface area contributed by atoms with E-state index in [-0.39, 0.29) is 0 Å². The Hall–Kier alpha value is -2.68. The Morgan fingerprint density at radius 3 is 2.43 bits per heavy atom. The largest absolute Gasteiger partial charge is 0.402 e. The third-order valence-corrected chi connectivity index (χ3v) is 4.07. The first-order valence-corrected chi connectivity index (χ1v) is 7.76. The number of esters is 1. The van der Waals surface area contributed by atoms with Crippen LogP contribution in [0.5, 0.6) is 0 Å². The topological polar surface area (TPSA) is 38.7 Å². The molecule has 0 bridgehead atoms. The van der Waals surface area contributed by atoms with E-state index in [0.29, 0.717) is 11.6 Å². The summed E-state index contributed by atoms with van der Waals surface area (Å²) < 4.78 is 5.31. The maximum Gasteiger partial charge on any atom is 0.363 e. The fourth-order valence-electron chi connectivity index (χ4n) is 2.41. The van der Waals surface area contributed by atoms with Crippen LogP contribution < -0.4 is 0 Å². The maximum absolute atomic E-state index is 12.0. The molecule has 0 N–H and O–H groups in total. The van der Waals surface area contributed by atoms with Crippen LogP contribution in [0.4, 0.5) is 0 Å². The highest BCUT2D eigenvalue weighted by molar-refractivity contribution is 6.12. The van der Waals surface area contributed by atoms with Crippen molar-refractivity contribution in [3.05, 3.63) is 76.0 Å². The summed E-state index contributed by atoms with van der Waals surface area (Å²) in [6.45, 7) is 6.19. The normalized spacial score (nSPS) is 15.7. The molecule has 23 heavy (non-hydrogen) atoms. The molecule has 2 aromatic carbocycles. The van der Waals surface area contributed by atoms with Gasteiger partial charge in [-0.1, -0.05) is 37.3 Å². The van der Waals surface area contributed by atoms with Gasteiger partial charge in [0.15, 0.2) is 5.70 Å². The zero-order valence-corrected chi connectivity index (χ0v) is 13.6. The Morgan fingerprint density at radius 1 is 1.04 bits per heavy atom. The van der Waals surface area contributed by atoms with E-state index in [1.54, 1.807) is 6.08 Å². The van der Waals surface area contributed by atoms with Crippen LogP contribution in [0.25, 0.3) is 6.08 Å². The van der Waals surface area contributed by atoms with Gasteiger partial charge >= 0.3 is 5.97 Å². The first-order valence-electron chi connectivity index (χ1n) is 7.76. The van der Waals surface area contributed by atoms with Crippen molar-refractivity contribution in [1.29, 1.82) is 0 Å². The number of carbonyl (C=O) groups is 1. The van der Waals surface area contributed by atoms with Crippen molar-refractivity contribution in [2.24, 2.45) is 4.99 Å². The second-order valence-corrected chi connectivity index (χ2v) is 5.73. The predicted molar refractivity (Wildman–Crippen MR) is 92.3 cm³/mol. The molecule has 0 spiro atoms. The molecule has 0 aliphatic carbocycles. The monoisotopic (exact) mass is 305 g/mol. The van der Waals surface area contributed by atoms with Crippen LogP contribution in [0.3, 0.4) is 0 Å². The van der Waals surface area contributed by atoms with Gasteiger partial charge in [-0.3, -0.25) is 0 Å². The summed E-state index contributed by atoms with van der Waals surface area (Å²) in [6, 6.07) is 14.0. The SMILES string of the molecule is CCc1ccc(/C=C2\N=C(c3ccc(C)c(C)c3)OC2=O)cc1. The molecule has 0 unspecified atom stereocenters. The number of cyclic esters (lactones) is 1. The Balaban J connectivity index is 1.90. The number of ether oxygens (including phenoxy) is 1.